The van der Waals surface area contributed by atoms with Crippen molar-refractivity contribution >= 4 is 10.0 Å². The van der Waals surface area contributed by atoms with Gasteiger partial charge in [0.15, 0.2) is 0 Å². The maximum absolute atomic E-state index is 13.4. The Kier molecular flexibility index (Phi) is 5.28. The normalized spacial score (nSPS) is 19.4. The highest BCUT2D eigenvalue weighted by Gasteiger charge is 2.32. The molecule has 1 heterocycles. The molecule has 0 N–H and O–H groups in total. The average Bonchev–Trinajstić information content (AvgIpc) is 2.75. The van der Waals surface area contributed by atoms with E-state index in [9.17, 15) is 8.42 Å². The fourth-order valence-corrected chi connectivity index (χ4v) is 5.80. The smallest absolute Gasteiger partial charge is 0.207 e. The Morgan fingerprint density at radius 1 is 0.815 bits per heavy atom. The lowest BCUT2D eigenvalue weighted by atomic mass is 9.83. The third-order valence-corrected chi connectivity index (χ3v) is 7.58. The Bertz CT molecular complexity index is 927. The topological polar surface area (TPSA) is 37.4 Å². The zero-order valence-corrected chi connectivity index (χ0v) is 16.2. The lowest BCUT2D eigenvalue weighted by Gasteiger charge is -2.34. The van der Waals surface area contributed by atoms with E-state index in [1.165, 1.54) is 0 Å². The average molecular weight is 380 g/mol. The molecule has 3 nitrogen and oxygen atoms in total. The Balaban J connectivity index is 1.56. The third-order valence-electron chi connectivity index (χ3n) is 5.62. The van der Waals surface area contributed by atoms with Gasteiger partial charge in [-0.1, -0.05) is 72.8 Å². The van der Waals surface area contributed by atoms with Gasteiger partial charge in [-0.2, -0.15) is 4.31 Å². The van der Waals surface area contributed by atoms with Crippen LogP contribution in [0.4, 0.5) is 0 Å². The standard InChI is InChI=1S/C23H25NO2S/c25-27(26,23-14-8-7-13-22(23)21-11-5-2-6-12-21)24-17-15-20(16-18-24)19-9-3-1-4-10-19/h2-14,19-20H,1,15-18H2. The van der Waals surface area contributed by atoms with Crippen molar-refractivity contribution in [2.24, 2.45) is 11.8 Å². The Morgan fingerprint density at radius 3 is 2.15 bits per heavy atom. The summed E-state index contributed by atoms with van der Waals surface area (Å²) >= 11 is 0. The molecule has 140 valence electrons. The van der Waals surface area contributed by atoms with Gasteiger partial charge in [0, 0.05) is 18.7 Å². The van der Waals surface area contributed by atoms with E-state index in [0.717, 1.165) is 30.4 Å². The van der Waals surface area contributed by atoms with Crippen LogP contribution in [0.15, 0.2) is 83.8 Å². The summed E-state index contributed by atoms with van der Waals surface area (Å²) in [4.78, 5) is 0.409. The van der Waals surface area contributed by atoms with Crippen molar-refractivity contribution < 1.29 is 8.42 Å². The van der Waals surface area contributed by atoms with Crippen LogP contribution in [-0.2, 0) is 10.0 Å². The monoisotopic (exact) mass is 379 g/mol. The Labute approximate surface area is 162 Å². The van der Waals surface area contributed by atoms with Crippen molar-refractivity contribution in [2.75, 3.05) is 13.1 Å². The molecule has 27 heavy (non-hydrogen) atoms. The molecule has 1 aliphatic carbocycles. The molecule has 0 spiro atoms. The molecule has 4 rings (SSSR count). The first-order valence-corrected chi connectivity index (χ1v) is 11.1. The second-order valence-corrected chi connectivity index (χ2v) is 9.18. The van der Waals surface area contributed by atoms with Crippen LogP contribution in [0, 0.1) is 11.8 Å². The van der Waals surface area contributed by atoms with Crippen molar-refractivity contribution in [1.82, 2.24) is 4.31 Å². The molecule has 0 unspecified atom stereocenters. The number of piperidine rings is 1. The van der Waals surface area contributed by atoms with Gasteiger partial charge in [0.1, 0.15) is 0 Å². The van der Waals surface area contributed by atoms with Gasteiger partial charge in [-0.15, -0.1) is 0 Å². The maximum atomic E-state index is 13.4. The third kappa shape index (κ3) is 3.78. The molecule has 0 atom stereocenters. The van der Waals surface area contributed by atoms with Crippen molar-refractivity contribution in [3.8, 4) is 11.1 Å². The van der Waals surface area contributed by atoms with E-state index >= 15 is 0 Å². The summed E-state index contributed by atoms with van der Waals surface area (Å²) < 4.78 is 28.4. The SMILES string of the molecule is O=S(=O)(c1ccccc1-c1ccccc1)N1CCC(C2C=CCC=C2)CC1. The minimum atomic E-state index is -3.50. The Morgan fingerprint density at radius 2 is 1.44 bits per heavy atom. The van der Waals surface area contributed by atoms with Gasteiger partial charge < -0.3 is 0 Å². The molecule has 2 aromatic carbocycles. The number of benzene rings is 2. The van der Waals surface area contributed by atoms with Crippen LogP contribution in [0.3, 0.4) is 0 Å². The molecular weight excluding hydrogens is 354 g/mol. The summed E-state index contributed by atoms with van der Waals surface area (Å²) in [5.41, 5.74) is 1.71. The van der Waals surface area contributed by atoms with Gasteiger partial charge in [0.25, 0.3) is 0 Å². The lowest BCUT2D eigenvalue weighted by molar-refractivity contribution is 0.250. The first-order chi connectivity index (χ1) is 13.2. The van der Waals surface area contributed by atoms with Crippen LogP contribution < -0.4 is 0 Å². The summed E-state index contributed by atoms with van der Waals surface area (Å²) in [6.07, 6.45) is 11.8. The highest BCUT2D eigenvalue weighted by Crippen LogP contribution is 2.34. The predicted octanol–water partition coefficient (Wildman–Crippen LogP) is 4.89. The fraction of sp³-hybridized carbons (Fsp3) is 0.304. The molecule has 4 heteroatoms. The van der Waals surface area contributed by atoms with E-state index in [1.807, 2.05) is 48.5 Å². The van der Waals surface area contributed by atoms with Crippen LogP contribution in [0.5, 0.6) is 0 Å². The first kappa shape index (κ1) is 18.2. The van der Waals surface area contributed by atoms with E-state index < -0.39 is 10.0 Å². The quantitative estimate of drug-likeness (QED) is 0.710. The minimum absolute atomic E-state index is 0.409. The van der Waals surface area contributed by atoms with Crippen molar-refractivity contribution in [1.29, 1.82) is 0 Å². The van der Waals surface area contributed by atoms with Crippen LogP contribution in [0.25, 0.3) is 11.1 Å². The van der Waals surface area contributed by atoms with Gasteiger partial charge in [-0.05, 0) is 42.7 Å². The molecule has 0 bridgehead atoms. The number of allylic oxidation sites excluding steroid dienone is 4. The molecule has 2 aromatic rings. The first-order valence-electron chi connectivity index (χ1n) is 9.64. The molecule has 0 aromatic heterocycles. The molecule has 0 radical (unpaired) electrons. The van der Waals surface area contributed by atoms with Crippen molar-refractivity contribution in [2.45, 2.75) is 24.2 Å². The van der Waals surface area contributed by atoms with Gasteiger partial charge in [-0.3, -0.25) is 0 Å². The van der Waals surface area contributed by atoms with E-state index in [4.69, 9.17) is 0 Å². The number of hydrogen-bond donors (Lipinski definition) is 0. The zero-order valence-electron chi connectivity index (χ0n) is 15.4. The second kappa shape index (κ2) is 7.83. The summed E-state index contributed by atoms with van der Waals surface area (Å²) in [6, 6.07) is 17.1. The van der Waals surface area contributed by atoms with Crippen LogP contribution in [-0.4, -0.2) is 25.8 Å². The maximum Gasteiger partial charge on any atom is 0.243 e. The zero-order chi connectivity index (χ0) is 18.7. The van der Waals surface area contributed by atoms with E-state index in [0.29, 0.717) is 29.8 Å². The number of rotatable bonds is 4. The molecule has 1 aliphatic heterocycles. The molecule has 1 saturated heterocycles. The van der Waals surface area contributed by atoms with E-state index in [1.54, 1.807) is 10.4 Å². The molecule has 0 amide bonds. The predicted molar refractivity (Wildman–Crippen MR) is 110 cm³/mol. The van der Waals surface area contributed by atoms with Crippen LogP contribution in [0.1, 0.15) is 19.3 Å². The molecular formula is C23H25NO2S. The molecule has 0 saturated carbocycles. The molecule has 2 aliphatic rings. The summed E-state index contributed by atoms with van der Waals surface area (Å²) in [5.74, 6) is 0.994. The second-order valence-electron chi connectivity index (χ2n) is 7.27. The number of hydrogen-bond acceptors (Lipinski definition) is 2. The Hall–Kier alpha value is -2.17. The van der Waals surface area contributed by atoms with Crippen molar-refractivity contribution in [3.63, 3.8) is 0 Å². The summed E-state index contributed by atoms with van der Waals surface area (Å²) in [7, 11) is -3.50. The number of nitrogens with zero attached hydrogens (tertiary/aromatic N) is 1. The molecule has 1 fully saturated rings. The van der Waals surface area contributed by atoms with E-state index in [2.05, 4.69) is 24.3 Å². The highest BCUT2D eigenvalue weighted by molar-refractivity contribution is 7.89. The largest absolute Gasteiger partial charge is 0.243 e. The number of sulfonamides is 1. The fourth-order valence-electron chi connectivity index (χ4n) is 4.12. The van der Waals surface area contributed by atoms with Crippen LogP contribution >= 0.6 is 0 Å². The van der Waals surface area contributed by atoms with Gasteiger partial charge in [0.05, 0.1) is 4.90 Å². The van der Waals surface area contributed by atoms with Gasteiger partial charge >= 0.3 is 0 Å². The van der Waals surface area contributed by atoms with Crippen LogP contribution in [0.2, 0.25) is 0 Å². The summed E-state index contributed by atoms with van der Waals surface area (Å²) in [6.45, 7) is 1.18. The van der Waals surface area contributed by atoms with Crippen molar-refractivity contribution in [3.05, 3.63) is 78.9 Å². The summed E-state index contributed by atoms with van der Waals surface area (Å²) in [5, 5.41) is 0. The highest BCUT2D eigenvalue weighted by atomic mass is 32.2. The van der Waals surface area contributed by atoms with Gasteiger partial charge in [-0.25, -0.2) is 8.42 Å². The van der Waals surface area contributed by atoms with Gasteiger partial charge in [0.2, 0.25) is 10.0 Å². The lowest BCUT2D eigenvalue weighted by Crippen LogP contribution is -2.39. The minimum Gasteiger partial charge on any atom is -0.207 e. The van der Waals surface area contributed by atoms with E-state index in [-0.39, 0.29) is 0 Å².